The fourth-order valence-corrected chi connectivity index (χ4v) is 4.09. The number of furan rings is 1. The number of benzene rings is 3. The van der Waals surface area contributed by atoms with Crippen LogP contribution in [0.5, 0.6) is 17.2 Å². The number of fused-ring (bicyclic) bond motifs is 2. The maximum absolute atomic E-state index is 13.4. The number of halogens is 1. The molecule has 0 aliphatic heterocycles. The van der Waals surface area contributed by atoms with E-state index in [2.05, 4.69) is 26.0 Å². The lowest BCUT2D eigenvalue weighted by Crippen LogP contribution is -2.20. The van der Waals surface area contributed by atoms with E-state index in [1.807, 2.05) is 24.3 Å². The number of hydrogen-bond acceptors (Lipinski definition) is 7. The lowest BCUT2D eigenvalue weighted by Gasteiger charge is -2.08. The van der Waals surface area contributed by atoms with Crippen LogP contribution in [0.25, 0.3) is 33.5 Å². The van der Waals surface area contributed by atoms with Crippen LogP contribution < -0.4 is 15.0 Å². The minimum atomic E-state index is -0.355. The van der Waals surface area contributed by atoms with Crippen molar-refractivity contribution < 1.29 is 19.0 Å². The van der Waals surface area contributed by atoms with E-state index in [1.54, 1.807) is 37.4 Å². The average molecular weight is 520 g/mol. The number of aromatic nitrogens is 2. The molecule has 1 N–H and O–H groups in total. The van der Waals surface area contributed by atoms with E-state index < -0.39 is 0 Å². The Morgan fingerprint density at radius 1 is 1.03 bits per heavy atom. The second-order valence-corrected chi connectivity index (χ2v) is 8.20. The molecule has 0 unspecified atom stereocenters. The van der Waals surface area contributed by atoms with Crippen LogP contribution in [0.2, 0.25) is 0 Å². The van der Waals surface area contributed by atoms with Gasteiger partial charge in [0.15, 0.2) is 17.3 Å². The number of rotatable bonds is 5. The van der Waals surface area contributed by atoms with Crippen molar-refractivity contribution in [2.75, 3.05) is 14.2 Å². The molecule has 0 amide bonds. The van der Waals surface area contributed by atoms with E-state index in [0.717, 1.165) is 5.39 Å². The summed E-state index contributed by atoms with van der Waals surface area (Å²) in [5.74, 6) is 1.50. The molecular weight excluding hydrogens is 502 g/mol. The van der Waals surface area contributed by atoms with Gasteiger partial charge in [0.2, 0.25) is 5.82 Å². The van der Waals surface area contributed by atoms with Crippen molar-refractivity contribution in [3.05, 3.63) is 81.1 Å². The third-order valence-corrected chi connectivity index (χ3v) is 6.01. The van der Waals surface area contributed by atoms with Gasteiger partial charge in [-0.15, -0.1) is 0 Å². The molecule has 170 valence electrons. The molecule has 3 aromatic carbocycles. The molecule has 8 nitrogen and oxygen atoms in total. The molecule has 2 aromatic heterocycles. The zero-order valence-electron chi connectivity index (χ0n) is 18.2. The van der Waals surface area contributed by atoms with E-state index in [-0.39, 0.29) is 22.9 Å². The fraction of sp³-hybridized carbons (Fsp3) is 0.0800. The standard InChI is InChI=1S/C25H18BrN3O5/c1-32-20-8-5-9-21-16(20)11-23(34-21)24-28-18-7-4-3-6-15(18)25(31)29(24)27-13-14-10-22(33-2)19(30)12-17(14)26/h3-13,30H,1-2H3. The van der Waals surface area contributed by atoms with Crippen molar-refractivity contribution in [3.8, 4) is 28.8 Å². The van der Waals surface area contributed by atoms with Gasteiger partial charge in [0.25, 0.3) is 5.56 Å². The van der Waals surface area contributed by atoms with Crippen molar-refractivity contribution in [1.82, 2.24) is 9.66 Å². The average Bonchev–Trinajstić information content (AvgIpc) is 3.29. The Labute approximate surface area is 201 Å². The van der Waals surface area contributed by atoms with Gasteiger partial charge in [0.1, 0.15) is 11.3 Å². The minimum absolute atomic E-state index is 0.0204. The lowest BCUT2D eigenvalue weighted by molar-refractivity contribution is 0.373. The third-order valence-electron chi connectivity index (χ3n) is 5.33. The maximum atomic E-state index is 13.4. The molecule has 5 aromatic rings. The molecule has 5 rings (SSSR count). The summed E-state index contributed by atoms with van der Waals surface area (Å²) in [7, 11) is 3.04. The molecular formula is C25H18BrN3O5. The summed E-state index contributed by atoms with van der Waals surface area (Å²) in [6.07, 6.45) is 1.48. The van der Waals surface area contributed by atoms with E-state index in [1.165, 1.54) is 24.1 Å². The SMILES string of the molecule is COc1cc(C=Nn2c(-c3cc4c(OC)cccc4o3)nc3ccccc3c2=O)c(Br)cc1O. The second kappa shape index (κ2) is 8.68. The van der Waals surface area contributed by atoms with E-state index >= 15 is 0 Å². The lowest BCUT2D eigenvalue weighted by atomic mass is 10.2. The van der Waals surface area contributed by atoms with Gasteiger partial charge in [-0.1, -0.05) is 18.2 Å². The first kappa shape index (κ1) is 21.7. The zero-order chi connectivity index (χ0) is 23.8. The van der Waals surface area contributed by atoms with Crippen LogP contribution in [0.4, 0.5) is 0 Å². The van der Waals surface area contributed by atoms with Crippen LogP contribution >= 0.6 is 15.9 Å². The predicted octanol–water partition coefficient (Wildman–Crippen LogP) is 5.18. The molecule has 0 radical (unpaired) electrons. The van der Waals surface area contributed by atoms with Crippen molar-refractivity contribution in [3.63, 3.8) is 0 Å². The largest absolute Gasteiger partial charge is 0.504 e. The van der Waals surface area contributed by atoms with Gasteiger partial charge in [-0.05, 0) is 58.4 Å². The summed E-state index contributed by atoms with van der Waals surface area (Å²) in [6.45, 7) is 0. The van der Waals surface area contributed by atoms with Gasteiger partial charge in [0.05, 0.1) is 36.7 Å². The third kappa shape index (κ3) is 3.69. The Balaban J connectivity index is 1.74. The van der Waals surface area contributed by atoms with Gasteiger partial charge in [0, 0.05) is 10.0 Å². The number of hydrogen-bond donors (Lipinski definition) is 1. The molecule has 0 aliphatic carbocycles. The van der Waals surface area contributed by atoms with E-state index in [4.69, 9.17) is 13.9 Å². The quantitative estimate of drug-likeness (QED) is 0.321. The summed E-state index contributed by atoms with van der Waals surface area (Å²) in [4.78, 5) is 18.1. The van der Waals surface area contributed by atoms with Gasteiger partial charge < -0.3 is 19.0 Å². The summed E-state index contributed by atoms with van der Waals surface area (Å²) in [5, 5.41) is 15.6. The Morgan fingerprint density at radius 2 is 1.82 bits per heavy atom. The van der Waals surface area contributed by atoms with Crippen molar-refractivity contribution in [2.45, 2.75) is 0 Å². The molecule has 0 spiro atoms. The second-order valence-electron chi connectivity index (χ2n) is 7.34. The minimum Gasteiger partial charge on any atom is -0.504 e. The molecule has 34 heavy (non-hydrogen) atoms. The number of ether oxygens (including phenoxy) is 2. The monoisotopic (exact) mass is 519 g/mol. The summed E-state index contributed by atoms with van der Waals surface area (Å²) >= 11 is 3.40. The van der Waals surface area contributed by atoms with Gasteiger partial charge in [-0.3, -0.25) is 4.79 Å². The van der Waals surface area contributed by atoms with Crippen molar-refractivity contribution in [1.29, 1.82) is 0 Å². The Kier molecular flexibility index (Phi) is 5.54. The molecule has 0 fully saturated rings. The van der Waals surface area contributed by atoms with Crippen LogP contribution in [0.1, 0.15) is 5.56 Å². The Morgan fingerprint density at radius 3 is 2.62 bits per heavy atom. The highest BCUT2D eigenvalue weighted by Gasteiger charge is 2.18. The number of phenols is 1. The van der Waals surface area contributed by atoms with E-state index in [0.29, 0.717) is 38.0 Å². The first-order valence-electron chi connectivity index (χ1n) is 10.2. The zero-order valence-corrected chi connectivity index (χ0v) is 19.7. The molecule has 0 saturated heterocycles. The Hall–Kier alpha value is -4.11. The van der Waals surface area contributed by atoms with Gasteiger partial charge in [-0.2, -0.15) is 9.78 Å². The fourth-order valence-electron chi connectivity index (χ4n) is 3.65. The molecule has 0 atom stereocenters. The predicted molar refractivity (Wildman–Crippen MR) is 133 cm³/mol. The molecule has 0 saturated carbocycles. The first-order valence-corrected chi connectivity index (χ1v) is 11.0. The van der Waals surface area contributed by atoms with Crippen LogP contribution in [0.15, 0.2) is 79.4 Å². The molecule has 0 bridgehead atoms. The number of nitrogens with zero attached hydrogens (tertiary/aromatic N) is 3. The van der Waals surface area contributed by atoms with Crippen LogP contribution in [0.3, 0.4) is 0 Å². The van der Waals surface area contributed by atoms with Crippen LogP contribution in [-0.2, 0) is 0 Å². The maximum Gasteiger partial charge on any atom is 0.282 e. The number of methoxy groups -OCH3 is 2. The summed E-state index contributed by atoms with van der Waals surface area (Å²) < 4.78 is 18.4. The molecule has 0 aliphatic rings. The van der Waals surface area contributed by atoms with Crippen LogP contribution in [0, 0.1) is 0 Å². The molecule has 9 heteroatoms. The normalized spacial score (nSPS) is 11.5. The summed E-state index contributed by atoms with van der Waals surface area (Å²) in [5.41, 5.74) is 1.35. The highest BCUT2D eigenvalue weighted by molar-refractivity contribution is 9.10. The number of phenolic OH excluding ortho intramolecular Hbond substituents is 1. The highest BCUT2D eigenvalue weighted by Crippen LogP contribution is 2.34. The summed E-state index contributed by atoms with van der Waals surface area (Å²) in [6, 6.07) is 17.4. The Bertz CT molecular complexity index is 1640. The number of aromatic hydroxyl groups is 1. The van der Waals surface area contributed by atoms with Crippen LogP contribution in [-0.4, -0.2) is 35.2 Å². The first-order chi connectivity index (χ1) is 16.5. The van der Waals surface area contributed by atoms with Crippen molar-refractivity contribution in [2.24, 2.45) is 5.10 Å². The topological polar surface area (TPSA) is 99.1 Å². The molecule has 2 heterocycles. The number of para-hydroxylation sites is 1. The smallest absolute Gasteiger partial charge is 0.282 e. The van der Waals surface area contributed by atoms with Gasteiger partial charge in [-0.25, -0.2) is 4.98 Å². The highest BCUT2D eigenvalue weighted by atomic mass is 79.9. The van der Waals surface area contributed by atoms with E-state index in [9.17, 15) is 9.90 Å². The van der Waals surface area contributed by atoms with Gasteiger partial charge >= 0.3 is 0 Å². The van der Waals surface area contributed by atoms with Crippen molar-refractivity contribution >= 4 is 44.0 Å².